The molecule has 7 rings (SSSR count). The lowest BCUT2D eigenvalue weighted by Crippen LogP contribution is -2.23. The summed E-state index contributed by atoms with van der Waals surface area (Å²) in [7, 11) is 0. The first-order valence-corrected chi connectivity index (χ1v) is 19.2. The molecular weight excluding hydrogens is 967 g/mol. The fraction of sp³-hybridized carbons (Fsp3) is 0.133. The summed E-state index contributed by atoms with van der Waals surface area (Å²) < 4.78 is 248. The largest absolute Gasteiger partial charge is 0.416 e. The van der Waals surface area contributed by atoms with Gasteiger partial charge in [-0.05, 0) is 146 Å². The van der Waals surface area contributed by atoms with Crippen molar-refractivity contribution in [3.63, 3.8) is 0 Å². The molecule has 0 fully saturated rings. The molecule has 6 aromatic carbocycles. The van der Waals surface area contributed by atoms with Gasteiger partial charge in [0.1, 0.15) is 0 Å². The highest BCUT2D eigenvalue weighted by atomic mass is 19.4. The molecule has 6 nitrogen and oxygen atoms in total. The average molecular weight is 991 g/mol. The molecule has 0 unspecified atom stereocenters. The van der Waals surface area contributed by atoms with Crippen LogP contribution in [0.15, 0.2) is 146 Å². The Labute approximate surface area is 376 Å². The molecule has 0 N–H and O–H groups in total. The zero-order chi connectivity index (χ0) is 50.5. The molecule has 0 aliphatic carbocycles. The second kappa shape index (κ2) is 17.8. The highest BCUT2D eigenvalue weighted by Crippen LogP contribution is 2.44. The van der Waals surface area contributed by atoms with Crippen molar-refractivity contribution in [1.29, 1.82) is 0 Å². The number of nitrogens with zero attached hydrogens (tertiary/aromatic N) is 6. The minimum absolute atomic E-state index is 0.336. The highest BCUT2D eigenvalue weighted by molar-refractivity contribution is 5.80. The van der Waals surface area contributed by atoms with E-state index in [0.29, 0.717) is 72.8 Å². The lowest BCUT2D eigenvalue weighted by atomic mass is 10.1. The molecule has 7 aromatic rings. The molecule has 1 heterocycles. The third kappa shape index (κ3) is 11.1. The normalized spacial score (nSPS) is 12.8. The summed E-state index contributed by atoms with van der Waals surface area (Å²) in [5.74, 6) is -2.37. The smallest absolute Gasteiger partial charge is 0.279 e. The van der Waals surface area contributed by atoms with Gasteiger partial charge in [-0.25, -0.2) is 0 Å². The van der Waals surface area contributed by atoms with Gasteiger partial charge in [-0.2, -0.15) is 94.0 Å². The van der Waals surface area contributed by atoms with Crippen LogP contribution in [0.4, 0.5) is 131 Å². The Morgan fingerprint density at radius 1 is 0.203 bits per heavy atom. The van der Waals surface area contributed by atoms with E-state index >= 15 is 0 Å². The Kier molecular flexibility index (Phi) is 12.8. The third-order valence-corrected chi connectivity index (χ3v) is 9.92. The Hall–Kier alpha value is -7.53. The Bertz CT molecular complexity index is 2370. The molecular formula is C45H24F18N6. The maximum Gasteiger partial charge on any atom is 0.416 e. The zero-order valence-corrected chi connectivity index (χ0v) is 33.8. The van der Waals surface area contributed by atoms with Crippen molar-refractivity contribution in [2.45, 2.75) is 37.1 Å². The molecule has 0 saturated heterocycles. The van der Waals surface area contributed by atoms with E-state index in [9.17, 15) is 79.0 Å². The molecule has 0 atom stereocenters. The minimum Gasteiger partial charge on any atom is -0.279 e. The molecule has 1 aromatic heterocycles. The van der Waals surface area contributed by atoms with Gasteiger partial charge >= 0.3 is 37.1 Å². The first kappa shape index (κ1) is 49.4. The van der Waals surface area contributed by atoms with Crippen molar-refractivity contribution in [1.82, 2.24) is 15.0 Å². The summed E-state index contributed by atoms with van der Waals surface area (Å²) >= 11 is 0. The summed E-state index contributed by atoms with van der Waals surface area (Å²) in [6.45, 7) is 0. The van der Waals surface area contributed by atoms with E-state index in [1.54, 1.807) is 0 Å². The Balaban J connectivity index is 1.58. The van der Waals surface area contributed by atoms with E-state index in [2.05, 4.69) is 15.0 Å². The van der Waals surface area contributed by atoms with Crippen LogP contribution in [0.25, 0.3) is 0 Å². The second-order valence-electron chi connectivity index (χ2n) is 14.5. The van der Waals surface area contributed by atoms with Crippen molar-refractivity contribution in [3.05, 3.63) is 179 Å². The van der Waals surface area contributed by atoms with Gasteiger partial charge in [-0.3, -0.25) is 14.7 Å². The highest BCUT2D eigenvalue weighted by Gasteiger charge is 2.36. The van der Waals surface area contributed by atoms with E-state index in [-0.39, 0.29) is 34.1 Å². The molecule has 0 spiro atoms. The molecule has 24 heteroatoms. The number of hydrogen-bond acceptors (Lipinski definition) is 6. The van der Waals surface area contributed by atoms with Crippen molar-refractivity contribution < 1.29 is 79.0 Å². The van der Waals surface area contributed by atoms with Gasteiger partial charge in [-0.1, -0.05) is 0 Å². The number of hydrogen-bond donors (Lipinski definition) is 0. The van der Waals surface area contributed by atoms with Crippen molar-refractivity contribution in [2.75, 3.05) is 14.7 Å². The van der Waals surface area contributed by atoms with E-state index in [4.69, 9.17) is 0 Å². The Morgan fingerprint density at radius 2 is 0.319 bits per heavy atom. The van der Waals surface area contributed by atoms with Crippen LogP contribution in [0.1, 0.15) is 33.4 Å². The van der Waals surface area contributed by atoms with Crippen molar-refractivity contribution >= 4 is 52.0 Å². The van der Waals surface area contributed by atoms with Gasteiger partial charge < -0.3 is 0 Å². The number of rotatable bonds is 9. The predicted octanol–water partition coefficient (Wildman–Crippen LogP) is 16.4. The van der Waals surface area contributed by atoms with Crippen LogP contribution in [0.2, 0.25) is 0 Å². The standard InChI is InChI=1S/C45H24F18N6/c46-40(47,48)25-1-13-31(14-2-25)67(32-15-3-26(4-16-32)41(49,50)51)37-64-38(68(33-17-5-27(6-18-33)42(52,53)54)34-19-7-28(8-20-34)43(55,56)57)66-39(65-37)69(35-21-9-29(10-22-35)44(58,59)60)36-23-11-30(12-24-36)45(61,62)63/h1-24H. The monoisotopic (exact) mass is 990 g/mol. The summed E-state index contributed by atoms with van der Waals surface area (Å²) in [6.07, 6.45) is -29.6. The quantitative estimate of drug-likeness (QED) is 0.134. The Morgan fingerprint density at radius 3 is 0.420 bits per heavy atom. The first-order valence-electron chi connectivity index (χ1n) is 19.2. The third-order valence-electron chi connectivity index (χ3n) is 9.92. The number of aromatic nitrogens is 3. The summed E-state index contributed by atoms with van der Waals surface area (Å²) in [5, 5.41) is 0. The van der Waals surface area contributed by atoms with Gasteiger partial charge in [0.25, 0.3) is 0 Å². The second-order valence-corrected chi connectivity index (χ2v) is 14.5. The molecule has 0 aliphatic heterocycles. The number of benzene rings is 6. The van der Waals surface area contributed by atoms with Crippen LogP contribution < -0.4 is 14.7 Å². The summed E-state index contributed by atoms with van der Waals surface area (Å²) in [4.78, 5) is 15.8. The number of halogens is 18. The van der Waals surface area contributed by atoms with Gasteiger partial charge in [0.15, 0.2) is 0 Å². The zero-order valence-electron chi connectivity index (χ0n) is 33.8. The fourth-order valence-corrected chi connectivity index (χ4v) is 6.58. The number of alkyl halides is 18. The van der Waals surface area contributed by atoms with Gasteiger partial charge in [0.05, 0.1) is 33.4 Å². The van der Waals surface area contributed by atoms with Gasteiger partial charge in [0.2, 0.25) is 17.8 Å². The molecule has 0 aliphatic rings. The first-order chi connectivity index (χ1) is 32.0. The molecule has 0 amide bonds. The maximum atomic E-state index is 13.8. The van der Waals surface area contributed by atoms with Crippen LogP contribution in [0, 0.1) is 0 Å². The average Bonchev–Trinajstić information content (AvgIpc) is 3.26. The minimum atomic E-state index is -4.93. The van der Waals surface area contributed by atoms with Crippen LogP contribution in [-0.4, -0.2) is 15.0 Å². The topological polar surface area (TPSA) is 48.4 Å². The van der Waals surface area contributed by atoms with E-state index < -0.39 is 88.3 Å². The van der Waals surface area contributed by atoms with Crippen LogP contribution in [-0.2, 0) is 37.1 Å². The van der Waals surface area contributed by atoms with Crippen molar-refractivity contribution in [3.8, 4) is 0 Å². The van der Waals surface area contributed by atoms with Gasteiger partial charge in [0, 0.05) is 34.1 Å². The SMILES string of the molecule is FC(F)(F)c1ccc(N(c2ccc(C(F)(F)F)cc2)c2nc(N(c3ccc(C(F)(F)F)cc3)c3ccc(C(F)(F)F)cc3)nc(N(c3ccc(C(F)(F)F)cc3)c3ccc(C(F)(F)F)cc3)n2)cc1. The molecule has 0 radical (unpaired) electrons. The van der Waals surface area contributed by atoms with Crippen LogP contribution >= 0.6 is 0 Å². The summed E-state index contributed by atoms with van der Waals surface area (Å²) in [5.41, 5.74) is -9.34. The van der Waals surface area contributed by atoms with Crippen LogP contribution in [0.3, 0.4) is 0 Å². The molecule has 0 bridgehead atoms. The molecule has 0 saturated carbocycles. The predicted molar refractivity (Wildman–Crippen MR) is 214 cm³/mol. The lowest BCUT2D eigenvalue weighted by Gasteiger charge is -2.30. The van der Waals surface area contributed by atoms with Crippen molar-refractivity contribution in [2.24, 2.45) is 0 Å². The fourth-order valence-electron chi connectivity index (χ4n) is 6.58. The van der Waals surface area contributed by atoms with Gasteiger partial charge in [-0.15, -0.1) is 0 Å². The number of anilines is 9. The maximum absolute atomic E-state index is 13.8. The van der Waals surface area contributed by atoms with E-state index in [0.717, 1.165) is 87.5 Å². The lowest BCUT2D eigenvalue weighted by molar-refractivity contribution is -0.138. The van der Waals surface area contributed by atoms with E-state index in [1.807, 2.05) is 0 Å². The molecule has 360 valence electrons. The molecule has 69 heavy (non-hydrogen) atoms. The van der Waals surface area contributed by atoms with Crippen LogP contribution in [0.5, 0.6) is 0 Å². The van der Waals surface area contributed by atoms with E-state index in [1.165, 1.54) is 0 Å². The summed E-state index contributed by atoms with van der Waals surface area (Å²) in [6, 6.07) is 16.7.